The molecule has 120 valence electrons. The molecule has 2 fully saturated rings. The molecule has 3 atom stereocenters. The monoisotopic (exact) mass is 337 g/mol. The minimum absolute atomic E-state index is 0.139. The molecular weight excluding hydrogens is 314 g/mol. The van der Waals surface area contributed by atoms with Crippen LogP contribution in [0, 0.1) is 11.8 Å². The maximum Gasteiger partial charge on any atom is 0.270 e. The molecule has 1 aromatic heterocycles. The number of rotatable bonds is 3. The molecule has 4 nitrogen and oxygen atoms in total. The molecule has 0 aromatic carbocycles. The lowest BCUT2D eigenvalue weighted by molar-refractivity contribution is 0.0944. The van der Waals surface area contributed by atoms with Gasteiger partial charge in [-0.2, -0.15) is 0 Å². The number of amides is 1. The van der Waals surface area contributed by atoms with Crippen molar-refractivity contribution in [2.45, 2.75) is 51.5 Å². The van der Waals surface area contributed by atoms with Crippen LogP contribution in [0.3, 0.4) is 0 Å². The van der Waals surface area contributed by atoms with E-state index in [0.717, 1.165) is 11.8 Å². The normalized spacial score (nSPS) is 26.2. The zero-order valence-corrected chi connectivity index (χ0v) is 14.7. The summed E-state index contributed by atoms with van der Waals surface area (Å²) in [5.74, 6) is 1.94. The molecule has 2 bridgehead atoms. The lowest BCUT2D eigenvalue weighted by Crippen LogP contribution is -2.50. The second kappa shape index (κ2) is 6.54. The molecule has 22 heavy (non-hydrogen) atoms. The lowest BCUT2D eigenvalue weighted by atomic mass is 9.96. The Morgan fingerprint density at radius 3 is 2.73 bits per heavy atom. The van der Waals surface area contributed by atoms with Gasteiger partial charge in [-0.25, -0.2) is 0 Å². The van der Waals surface area contributed by atoms with E-state index in [1.54, 1.807) is 11.3 Å². The molecule has 1 heterocycles. The van der Waals surface area contributed by atoms with Crippen LogP contribution in [0.25, 0.3) is 0 Å². The lowest BCUT2D eigenvalue weighted by Gasteiger charge is -2.24. The number of fused-ring (bicyclic) bond motifs is 2. The Morgan fingerprint density at radius 1 is 1.32 bits per heavy atom. The predicted molar refractivity (Wildman–Crippen MR) is 94.0 cm³/mol. The number of thiocarbonyl (C=S) groups is 1. The molecule has 2 aliphatic rings. The van der Waals surface area contributed by atoms with Gasteiger partial charge in [0.1, 0.15) is 0 Å². The van der Waals surface area contributed by atoms with Crippen molar-refractivity contribution in [2.75, 3.05) is 0 Å². The summed E-state index contributed by atoms with van der Waals surface area (Å²) in [7, 11) is 0. The van der Waals surface area contributed by atoms with Crippen molar-refractivity contribution in [2.24, 2.45) is 11.8 Å². The van der Waals surface area contributed by atoms with Gasteiger partial charge in [-0.05, 0) is 55.3 Å². The molecule has 6 heteroatoms. The molecule has 1 amide bonds. The zero-order chi connectivity index (χ0) is 15.7. The van der Waals surface area contributed by atoms with Crippen molar-refractivity contribution in [3.63, 3.8) is 0 Å². The van der Waals surface area contributed by atoms with Crippen LogP contribution >= 0.6 is 23.6 Å². The highest BCUT2D eigenvalue weighted by atomic mass is 32.1. The minimum Gasteiger partial charge on any atom is -0.358 e. The largest absolute Gasteiger partial charge is 0.358 e. The van der Waals surface area contributed by atoms with E-state index in [4.69, 9.17) is 12.2 Å². The molecular formula is C16H23N3OS2. The maximum atomic E-state index is 12.1. The number of hydrazine groups is 1. The molecule has 2 saturated carbocycles. The van der Waals surface area contributed by atoms with Gasteiger partial charge >= 0.3 is 0 Å². The third kappa shape index (κ3) is 3.43. The summed E-state index contributed by atoms with van der Waals surface area (Å²) in [4.78, 5) is 13.3. The second-order valence-corrected chi connectivity index (χ2v) is 8.08. The Kier molecular flexibility index (Phi) is 4.68. The third-order valence-corrected chi connectivity index (χ3v) is 6.25. The zero-order valence-electron chi connectivity index (χ0n) is 13.0. The highest BCUT2D eigenvalue weighted by Crippen LogP contribution is 2.44. The molecule has 1 aromatic rings. The molecule has 0 aliphatic heterocycles. The quantitative estimate of drug-likeness (QED) is 0.586. The smallest absolute Gasteiger partial charge is 0.270 e. The number of thiophene rings is 1. The Balaban J connectivity index is 1.45. The van der Waals surface area contributed by atoms with Crippen molar-refractivity contribution in [1.82, 2.24) is 16.2 Å². The Bertz CT molecular complexity index is 569. The predicted octanol–water partition coefficient (Wildman–Crippen LogP) is 3.17. The molecule has 0 unspecified atom stereocenters. The van der Waals surface area contributed by atoms with Crippen LogP contribution in [0.1, 0.15) is 60.7 Å². The molecule has 2 aliphatic carbocycles. The molecule has 0 spiro atoms. The van der Waals surface area contributed by atoms with Gasteiger partial charge < -0.3 is 5.32 Å². The van der Waals surface area contributed by atoms with Gasteiger partial charge in [0.25, 0.3) is 5.91 Å². The first-order chi connectivity index (χ1) is 10.5. The van der Waals surface area contributed by atoms with E-state index in [1.807, 2.05) is 11.4 Å². The molecule has 3 rings (SSSR count). The van der Waals surface area contributed by atoms with E-state index in [-0.39, 0.29) is 5.91 Å². The Labute approximate surface area is 141 Å². The van der Waals surface area contributed by atoms with Gasteiger partial charge in [0, 0.05) is 16.3 Å². The highest BCUT2D eigenvalue weighted by molar-refractivity contribution is 7.80. The van der Waals surface area contributed by atoms with Crippen molar-refractivity contribution in [3.8, 4) is 0 Å². The maximum absolute atomic E-state index is 12.1. The van der Waals surface area contributed by atoms with Gasteiger partial charge in [0.05, 0.1) is 5.56 Å². The van der Waals surface area contributed by atoms with Crippen LogP contribution in [-0.4, -0.2) is 17.1 Å². The summed E-state index contributed by atoms with van der Waals surface area (Å²) >= 11 is 6.90. The van der Waals surface area contributed by atoms with Gasteiger partial charge in [-0.15, -0.1) is 11.3 Å². The van der Waals surface area contributed by atoms with Gasteiger partial charge in [0.2, 0.25) is 0 Å². The SMILES string of the molecule is CC(C)c1cc(C(=O)NNC(=S)N[C@H]2C[C@H]3CC[C@H]2C3)cs1. The highest BCUT2D eigenvalue weighted by Gasteiger charge is 2.39. The van der Waals surface area contributed by atoms with Crippen molar-refractivity contribution in [3.05, 3.63) is 21.9 Å². The fourth-order valence-corrected chi connectivity index (χ4v) is 4.69. The van der Waals surface area contributed by atoms with E-state index >= 15 is 0 Å². The van der Waals surface area contributed by atoms with E-state index in [2.05, 4.69) is 30.0 Å². The number of hydrogen-bond acceptors (Lipinski definition) is 3. The minimum atomic E-state index is -0.139. The van der Waals surface area contributed by atoms with Crippen LogP contribution in [0.15, 0.2) is 11.4 Å². The Morgan fingerprint density at radius 2 is 2.14 bits per heavy atom. The van der Waals surface area contributed by atoms with Gasteiger partial charge in [0.15, 0.2) is 5.11 Å². The summed E-state index contributed by atoms with van der Waals surface area (Å²) in [6, 6.07) is 2.42. The first kappa shape index (κ1) is 15.7. The topological polar surface area (TPSA) is 53.2 Å². The second-order valence-electron chi connectivity index (χ2n) is 6.73. The summed E-state index contributed by atoms with van der Waals surface area (Å²) in [5.41, 5.74) is 6.20. The van der Waals surface area contributed by atoms with Crippen LogP contribution < -0.4 is 16.2 Å². The average Bonchev–Trinajstić information content (AvgIpc) is 3.20. The fourth-order valence-electron chi connectivity index (χ4n) is 3.59. The van der Waals surface area contributed by atoms with E-state index in [1.165, 1.54) is 30.6 Å². The van der Waals surface area contributed by atoms with Crippen molar-refractivity contribution < 1.29 is 4.79 Å². The standard InChI is InChI=1S/C16H23N3OS2/c1-9(2)14-7-12(8-22-14)15(20)18-19-16(21)17-13-6-10-3-4-11(13)5-10/h7-11,13H,3-6H2,1-2H3,(H,18,20)(H2,17,19,21)/t10-,11-,13-/m0/s1. The van der Waals surface area contributed by atoms with Crippen LogP contribution in [0.2, 0.25) is 0 Å². The van der Waals surface area contributed by atoms with Gasteiger partial charge in [-0.1, -0.05) is 20.3 Å². The third-order valence-electron chi connectivity index (χ3n) is 4.80. The van der Waals surface area contributed by atoms with E-state index in [9.17, 15) is 4.79 Å². The summed E-state index contributed by atoms with van der Waals surface area (Å²) in [6.45, 7) is 4.25. The van der Waals surface area contributed by atoms with E-state index in [0.29, 0.717) is 22.6 Å². The van der Waals surface area contributed by atoms with Crippen molar-refractivity contribution in [1.29, 1.82) is 0 Å². The number of nitrogens with one attached hydrogen (secondary N) is 3. The van der Waals surface area contributed by atoms with Crippen LogP contribution in [-0.2, 0) is 0 Å². The van der Waals surface area contributed by atoms with Crippen LogP contribution in [0.4, 0.5) is 0 Å². The first-order valence-corrected chi connectivity index (χ1v) is 9.27. The molecule has 3 N–H and O–H groups in total. The average molecular weight is 338 g/mol. The molecule has 0 radical (unpaired) electrons. The molecule has 0 saturated heterocycles. The Hall–Kier alpha value is -1.14. The first-order valence-electron chi connectivity index (χ1n) is 7.98. The number of carbonyl (C=O) groups excluding carboxylic acids is 1. The summed E-state index contributed by atoms with van der Waals surface area (Å²) in [6.07, 6.45) is 5.22. The fraction of sp³-hybridized carbons (Fsp3) is 0.625. The van der Waals surface area contributed by atoms with Crippen LogP contribution in [0.5, 0.6) is 0 Å². The summed E-state index contributed by atoms with van der Waals surface area (Å²) in [5, 5.41) is 5.76. The number of hydrogen-bond donors (Lipinski definition) is 3. The summed E-state index contributed by atoms with van der Waals surface area (Å²) < 4.78 is 0. The number of carbonyl (C=O) groups is 1. The van der Waals surface area contributed by atoms with E-state index < -0.39 is 0 Å². The van der Waals surface area contributed by atoms with Gasteiger partial charge in [-0.3, -0.25) is 15.6 Å². The van der Waals surface area contributed by atoms with Crippen molar-refractivity contribution >= 4 is 34.6 Å².